The van der Waals surface area contributed by atoms with Gasteiger partial charge in [-0.25, -0.2) is 0 Å². The first-order chi connectivity index (χ1) is 11.3. The second-order valence-corrected chi connectivity index (χ2v) is 6.58. The molecule has 1 saturated heterocycles. The van der Waals surface area contributed by atoms with Crippen molar-refractivity contribution in [2.24, 2.45) is 0 Å². The Balaban J connectivity index is 1.38. The number of likely N-dealkylation sites (tertiary alicyclic amines) is 1. The summed E-state index contributed by atoms with van der Waals surface area (Å²) < 4.78 is 0. The number of nitrogens with zero attached hydrogens (tertiary/aromatic N) is 2. The van der Waals surface area contributed by atoms with E-state index in [4.69, 9.17) is 0 Å². The van der Waals surface area contributed by atoms with Crippen LogP contribution in [0.2, 0.25) is 0 Å². The summed E-state index contributed by atoms with van der Waals surface area (Å²) >= 11 is 0. The van der Waals surface area contributed by atoms with Crippen molar-refractivity contribution in [2.45, 2.75) is 25.3 Å². The van der Waals surface area contributed by atoms with Crippen molar-refractivity contribution in [2.75, 3.05) is 51.2 Å². The molecule has 0 radical (unpaired) electrons. The molecule has 0 aliphatic carbocycles. The Labute approximate surface area is 139 Å². The third-order valence-electron chi connectivity index (χ3n) is 4.97. The van der Waals surface area contributed by atoms with Crippen LogP contribution in [-0.4, -0.2) is 63.2 Å². The highest BCUT2D eigenvalue weighted by Crippen LogP contribution is 2.26. The molecule has 2 heterocycles. The third-order valence-corrected chi connectivity index (χ3v) is 4.97. The van der Waals surface area contributed by atoms with E-state index >= 15 is 0 Å². The molecule has 1 unspecified atom stereocenters. The summed E-state index contributed by atoms with van der Waals surface area (Å²) in [5.74, 6) is 0.147. The first-order valence-electron chi connectivity index (χ1n) is 8.75. The van der Waals surface area contributed by atoms with Gasteiger partial charge < -0.3 is 15.5 Å². The van der Waals surface area contributed by atoms with Crippen molar-refractivity contribution in [1.82, 2.24) is 15.5 Å². The maximum absolute atomic E-state index is 12.1. The lowest BCUT2D eigenvalue weighted by Crippen LogP contribution is -2.48. The Morgan fingerprint density at radius 1 is 1.30 bits per heavy atom. The molecule has 0 bridgehead atoms. The van der Waals surface area contributed by atoms with E-state index in [-0.39, 0.29) is 5.91 Å². The van der Waals surface area contributed by atoms with Gasteiger partial charge in [-0.3, -0.25) is 9.69 Å². The van der Waals surface area contributed by atoms with Gasteiger partial charge in [-0.15, -0.1) is 0 Å². The van der Waals surface area contributed by atoms with Crippen LogP contribution in [-0.2, 0) is 11.2 Å². The lowest BCUT2D eigenvalue weighted by molar-refractivity contribution is -0.122. The zero-order valence-corrected chi connectivity index (χ0v) is 14.1. The molecule has 23 heavy (non-hydrogen) atoms. The van der Waals surface area contributed by atoms with Crippen LogP contribution >= 0.6 is 0 Å². The molecule has 0 spiro atoms. The average Bonchev–Trinajstić information content (AvgIpc) is 2.98. The van der Waals surface area contributed by atoms with Gasteiger partial charge >= 0.3 is 0 Å². The van der Waals surface area contributed by atoms with Gasteiger partial charge in [-0.2, -0.15) is 0 Å². The molecule has 126 valence electrons. The first kappa shape index (κ1) is 16.3. The summed E-state index contributed by atoms with van der Waals surface area (Å²) in [6.45, 7) is 5.20. The van der Waals surface area contributed by atoms with Crippen molar-refractivity contribution < 1.29 is 4.79 Å². The Morgan fingerprint density at radius 2 is 2.17 bits per heavy atom. The standard InChI is InChI=1S/C18H28N4O/c1-19-16-6-4-10-21(13-16)14-18(23)20-9-12-22-11-8-15-5-2-3-7-17(15)22/h2-3,5,7,16,19H,4,6,8-14H2,1H3,(H,20,23). The van der Waals surface area contributed by atoms with E-state index in [9.17, 15) is 4.79 Å². The fourth-order valence-corrected chi connectivity index (χ4v) is 3.66. The molecule has 0 aromatic heterocycles. The maximum Gasteiger partial charge on any atom is 0.234 e. The Morgan fingerprint density at radius 3 is 3.04 bits per heavy atom. The van der Waals surface area contributed by atoms with Crippen molar-refractivity contribution in [3.63, 3.8) is 0 Å². The molecule has 5 heteroatoms. The number of nitrogens with one attached hydrogen (secondary N) is 2. The van der Waals surface area contributed by atoms with E-state index in [1.165, 1.54) is 24.1 Å². The number of rotatable bonds is 6. The minimum Gasteiger partial charge on any atom is -0.369 e. The van der Waals surface area contributed by atoms with E-state index < -0.39 is 0 Å². The lowest BCUT2D eigenvalue weighted by Gasteiger charge is -2.32. The maximum atomic E-state index is 12.1. The quantitative estimate of drug-likeness (QED) is 0.817. The number of hydrogen-bond acceptors (Lipinski definition) is 4. The monoisotopic (exact) mass is 316 g/mol. The van der Waals surface area contributed by atoms with E-state index in [0.717, 1.165) is 39.1 Å². The van der Waals surface area contributed by atoms with Crippen molar-refractivity contribution in [1.29, 1.82) is 0 Å². The summed E-state index contributed by atoms with van der Waals surface area (Å²) in [6.07, 6.45) is 3.50. The summed E-state index contributed by atoms with van der Waals surface area (Å²) in [7, 11) is 2.00. The van der Waals surface area contributed by atoms with E-state index in [1.807, 2.05) is 7.05 Å². The van der Waals surface area contributed by atoms with Gasteiger partial charge in [-0.1, -0.05) is 18.2 Å². The minimum absolute atomic E-state index is 0.147. The Kier molecular flexibility index (Phi) is 5.51. The average molecular weight is 316 g/mol. The molecule has 2 N–H and O–H groups in total. The van der Waals surface area contributed by atoms with E-state index in [0.29, 0.717) is 12.6 Å². The molecular formula is C18H28N4O. The number of fused-ring (bicyclic) bond motifs is 1. The molecule has 1 aromatic carbocycles. The van der Waals surface area contributed by atoms with Crippen LogP contribution in [0.4, 0.5) is 5.69 Å². The smallest absolute Gasteiger partial charge is 0.234 e. The van der Waals surface area contributed by atoms with Gasteiger partial charge in [0.1, 0.15) is 0 Å². The molecule has 0 saturated carbocycles. The van der Waals surface area contributed by atoms with Gasteiger partial charge in [0.05, 0.1) is 6.54 Å². The highest BCUT2D eigenvalue weighted by Gasteiger charge is 2.21. The predicted octanol–water partition coefficient (Wildman–Crippen LogP) is 0.849. The summed E-state index contributed by atoms with van der Waals surface area (Å²) in [4.78, 5) is 16.8. The van der Waals surface area contributed by atoms with E-state index in [2.05, 4.69) is 44.7 Å². The Bertz CT molecular complexity index is 534. The molecule has 1 aromatic rings. The number of hydrogen-bond donors (Lipinski definition) is 2. The van der Waals surface area contributed by atoms with Gasteiger partial charge in [0.2, 0.25) is 5.91 Å². The topological polar surface area (TPSA) is 47.6 Å². The molecule has 2 aliphatic heterocycles. The second kappa shape index (κ2) is 7.79. The van der Waals surface area contributed by atoms with Crippen molar-refractivity contribution >= 4 is 11.6 Å². The Hall–Kier alpha value is -1.59. The highest BCUT2D eigenvalue weighted by atomic mass is 16.2. The number of benzene rings is 1. The normalized spacial score (nSPS) is 21.3. The fourth-order valence-electron chi connectivity index (χ4n) is 3.66. The first-order valence-corrected chi connectivity index (χ1v) is 8.75. The summed E-state index contributed by atoms with van der Waals surface area (Å²) in [5, 5.41) is 6.39. The SMILES string of the molecule is CNC1CCCN(CC(=O)NCCN2CCc3ccccc32)C1. The number of anilines is 1. The minimum atomic E-state index is 0.147. The number of piperidine rings is 1. The number of amides is 1. The summed E-state index contributed by atoms with van der Waals surface area (Å²) in [5.41, 5.74) is 2.75. The molecule has 1 atom stereocenters. The lowest BCUT2D eigenvalue weighted by atomic mass is 10.1. The van der Waals surface area contributed by atoms with Crippen LogP contribution in [0.3, 0.4) is 0 Å². The second-order valence-electron chi connectivity index (χ2n) is 6.58. The number of likely N-dealkylation sites (N-methyl/N-ethyl adjacent to an activating group) is 1. The van der Waals surface area contributed by atoms with Crippen molar-refractivity contribution in [3.05, 3.63) is 29.8 Å². The molecule has 2 aliphatic rings. The molecular weight excluding hydrogens is 288 g/mol. The van der Waals surface area contributed by atoms with Crippen LogP contribution in [0.15, 0.2) is 24.3 Å². The molecule has 1 amide bonds. The van der Waals surface area contributed by atoms with Gasteiger partial charge in [0, 0.05) is 37.9 Å². The predicted molar refractivity (Wildman–Crippen MR) is 93.9 cm³/mol. The summed E-state index contributed by atoms with van der Waals surface area (Å²) in [6, 6.07) is 9.08. The third kappa shape index (κ3) is 4.24. The molecule has 1 fully saturated rings. The van der Waals surface area contributed by atoms with Gasteiger partial charge in [0.15, 0.2) is 0 Å². The highest BCUT2D eigenvalue weighted by molar-refractivity contribution is 5.78. The van der Waals surface area contributed by atoms with Gasteiger partial charge in [-0.05, 0) is 44.5 Å². The van der Waals surface area contributed by atoms with Crippen LogP contribution in [0.25, 0.3) is 0 Å². The largest absolute Gasteiger partial charge is 0.369 e. The molecule has 3 rings (SSSR count). The zero-order valence-electron chi connectivity index (χ0n) is 14.1. The zero-order chi connectivity index (χ0) is 16.1. The van der Waals surface area contributed by atoms with Gasteiger partial charge in [0.25, 0.3) is 0 Å². The number of para-hydroxylation sites is 1. The fraction of sp³-hybridized carbons (Fsp3) is 0.611. The number of carbonyl (C=O) groups is 1. The van der Waals surface area contributed by atoms with Crippen LogP contribution in [0.5, 0.6) is 0 Å². The van der Waals surface area contributed by atoms with Crippen LogP contribution in [0, 0.1) is 0 Å². The molecule has 5 nitrogen and oxygen atoms in total. The van der Waals surface area contributed by atoms with Crippen LogP contribution in [0.1, 0.15) is 18.4 Å². The number of carbonyl (C=O) groups excluding carboxylic acids is 1. The van der Waals surface area contributed by atoms with Crippen LogP contribution < -0.4 is 15.5 Å². The van der Waals surface area contributed by atoms with E-state index in [1.54, 1.807) is 0 Å². The van der Waals surface area contributed by atoms with Crippen molar-refractivity contribution in [3.8, 4) is 0 Å².